The molecule has 1 aromatic carbocycles. The smallest absolute Gasteiger partial charge is 0.278 e. The van der Waals surface area contributed by atoms with Crippen molar-refractivity contribution in [3.8, 4) is 0 Å². The normalized spacial score (nSPS) is 27.3. The summed E-state index contributed by atoms with van der Waals surface area (Å²) in [6.07, 6.45) is 3.46. The van der Waals surface area contributed by atoms with Crippen LogP contribution in [0.2, 0.25) is 0 Å². The first-order chi connectivity index (χ1) is 23.3. The monoisotopic (exact) mass is 705 g/mol. The highest BCUT2D eigenvalue weighted by atomic mass is 32.2. The van der Waals surface area contributed by atoms with Crippen LogP contribution in [0.3, 0.4) is 0 Å². The highest BCUT2D eigenvalue weighted by molar-refractivity contribution is 7.91. The molecule has 2 saturated heterocycles. The second-order valence-corrected chi connectivity index (χ2v) is 16.6. The van der Waals surface area contributed by atoms with Gasteiger partial charge < -0.3 is 5.32 Å². The number of nitrogens with one attached hydrogen (secondary N) is 1. The van der Waals surface area contributed by atoms with E-state index in [1.54, 1.807) is 24.5 Å². The molecule has 6 heterocycles. The second-order valence-electron chi connectivity index (χ2n) is 14.3. The lowest BCUT2D eigenvalue weighted by Gasteiger charge is -2.40. The van der Waals surface area contributed by atoms with E-state index in [9.17, 15) is 17.6 Å². The highest BCUT2D eigenvalue weighted by Gasteiger charge is 2.46. The fourth-order valence-electron chi connectivity index (χ4n) is 8.10. The summed E-state index contributed by atoms with van der Waals surface area (Å²) in [5, 5.41) is 3.77. The molecule has 2 unspecified atom stereocenters. The number of anilines is 1. The number of rotatable bonds is 2. The molecule has 0 amide bonds. The number of piperidine rings is 1. The predicted octanol–water partition coefficient (Wildman–Crippen LogP) is 7.20. The molecular weight excluding hydrogens is 658 g/mol. The van der Waals surface area contributed by atoms with Crippen molar-refractivity contribution < 1.29 is 26.0 Å². The van der Waals surface area contributed by atoms with E-state index >= 15 is 13.2 Å². The van der Waals surface area contributed by atoms with Gasteiger partial charge in [-0.1, -0.05) is 37.5 Å². The van der Waals surface area contributed by atoms with Gasteiger partial charge in [-0.2, -0.15) is 0 Å². The van der Waals surface area contributed by atoms with Crippen LogP contribution in [0.25, 0.3) is 11.0 Å². The van der Waals surface area contributed by atoms with Gasteiger partial charge >= 0.3 is 0 Å². The molecule has 7 rings (SSSR count). The number of aromatic nitrogens is 3. The van der Waals surface area contributed by atoms with Crippen LogP contribution < -0.4 is 10.9 Å². The van der Waals surface area contributed by atoms with Gasteiger partial charge in [-0.05, 0) is 84.4 Å². The summed E-state index contributed by atoms with van der Waals surface area (Å²) in [4.78, 5) is 25.3. The van der Waals surface area contributed by atoms with Gasteiger partial charge in [0.25, 0.3) is 11.5 Å². The molecule has 49 heavy (non-hydrogen) atoms. The third kappa shape index (κ3) is 7.38. The summed E-state index contributed by atoms with van der Waals surface area (Å²) in [6.45, 7) is 5.93. The number of hydrogen-bond donors (Lipinski definition) is 1. The van der Waals surface area contributed by atoms with Gasteiger partial charge in [0.05, 0.1) is 28.5 Å². The van der Waals surface area contributed by atoms with Crippen LogP contribution in [-0.4, -0.2) is 64.7 Å². The Hall–Kier alpha value is -3.06. The molecule has 1 N–H and O–H groups in total. The Balaban J connectivity index is 1.44. The quantitative estimate of drug-likeness (QED) is 0.282. The summed E-state index contributed by atoms with van der Waals surface area (Å²) in [5.74, 6) is -5.02. The molecule has 2 aromatic heterocycles. The maximum absolute atomic E-state index is 16.2. The molecule has 0 radical (unpaired) electrons. The van der Waals surface area contributed by atoms with Crippen LogP contribution in [0.1, 0.15) is 106 Å². The van der Waals surface area contributed by atoms with E-state index in [0.29, 0.717) is 73.6 Å². The number of nitrogens with zero attached hydrogens (tertiary/aromatic N) is 4. The van der Waals surface area contributed by atoms with Crippen molar-refractivity contribution in [3.63, 3.8) is 0 Å². The van der Waals surface area contributed by atoms with Gasteiger partial charge in [-0.15, -0.1) is 0 Å². The van der Waals surface area contributed by atoms with Gasteiger partial charge in [0.1, 0.15) is 39.1 Å². The number of aryl methyl sites for hydroxylation is 2. The summed E-state index contributed by atoms with van der Waals surface area (Å²) < 4.78 is 89.3. The van der Waals surface area contributed by atoms with Crippen molar-refractivity contribution in [1.29, 1.82) is 0 Å². The van der Waals surface area contributed by atoms with E-state index < -0.39 is 45.3 Å². The number of pyridine rings is 1. The van der Waals surface area contributed by atoms with E-state index in [-0.39, 0.29) is 47.4 Å². The number of fused-ring (bicyclic) bond motifs is 9. The summed E-state index contributed by atoms with van der Waals surface area (Å²) >= 11 is 0. The van der Waals surface area contributed by atoms with Crippen molar-refractivity contribution in [3.05, 3.63) is 63.0 Å². The van der Waals surface area contributed by atoms with Gasteiger partial charge in [-0.25, -0.2) is 35.9 Å². The fourth-order valence-corrected chi connectivity index (χ4v) is 9.59. The first-order valence-electron chi connectivity index (χ1n) is 17.7. The van der Waals surface area contributed by atoms with Crippen molar-refractivity contribution in [2.24, 2.45) is 5.92 Å². The Morgan fingerprint density at radius 2 is 1.65 bits per heavy atom. The van der Waals surface area contributed by atoms with Crippen LogP contribution in [-0.2, 0) is 22.3 Å². The fraction of sp³-hybridized carbons (Fsp3) is 0.639. The number of benzene rings is 1. The number of sulfone groups is 1. The second kappa shape index (κ2) is 14.3. The summed E-state index contributed by atoms with van der Waals surface area (Å²) in [6, 6.07) is 4.65. The predicted molar refractivity (Wildman–Crippen MR) is 183 cm³/mol. The maximum Gasteiger partial charge on any atom is 0.278 e. The van der Waals surface area contributed by atoms with E-state index in [2.05, 4.69) is 15.3 Å². The molecule has 3 atom stereocenters. The number of alkyl halides is 3. The Morgan fingerprint density at radius 1 is 0.959 bits per heavy atom. The molecule has 4 aliphatic rings. The van der Waals surface area contributed by atoms with Gasteiger partial charge in [0, 0.05) is 29.6 Å². The average molecular weight is 706 g/mol. The van der Waals surface area contributed by atoms with Crippen LogP contribution in [0, 0.1) is 18.7 Å². The SMILES string of the molecule is Cc1nc2c3cc(C4CCS(=O)(=O)CC4)c(=O)n(c3n1)CCCCCCC(C(C)F)N1CCC(CC1)C(F)(F)c1cccc(c1F)[C@@H](C)N2. The molecule has 3 aromatic rings. The Bertz CT molecular complexity index is 1830. The zero-order chi connectivity index (χ0) is 35.1. The van der Waals surface area contributed by atoms with E-state index in [1.165, 1.54) is 19.1 Å². The summed E-state index contributed by atoms with van der Waals surface area (Å²) in [7, 11) is -3.17. The lowest BCUT2D eigenvalue weighted by molar-refractivity contribution is -0.0933. The minimum Gasteiger partial charge on any atom is -0.363 e. The maximum atomic E-state index is 16.2. The topological polar surface area (TPSA) is 97.2 Å². The Kier molecular flexibility index (Phi) is 10.4. The third-order valence-corrected chi connectivity index (χ3v) is 12.7. The first-order valence-corrected chi connectivity index (χ1v) is 19.5. The van der Waals surface area contributed by atoms with Crippen molar-refractivity contribution in [1.82, 2.24) is 19.4 Å². The van der Waals surface area contributed by atoms with E-state index in [4.69, 9.17) is 0 Å². The number of hydrogen-bond acceptors (Lipinski definition) is 7. The van der Waals surface area contributed by atoms with Crippen molar-refractivity contribution >= 4 is 26.7 Å². The molecule has 268 valence electrons. The molecule has 8 nitrogen and oxygen atoms in total. The lowest BCUT2D eigenvalue weighted by atomic mass is 9.84. The zero-order valence-electron chi connectivity index (χ0n) is 28.5. The summed E-state index contributed by atoms with van der Waals surface area (Å²) in [5.41, 5.74) is 0.0822. The van der Waals surface area contributed by atoms with Crippen LogP contribution >= 0.6 is 0 Å². The Morgan fingerprint density at radius 3 is 2.35 bits per heavy atom. The minimum absolute atomic E-state index is 0.00128. The highest BCUT2D eigenvalue weighted by Crippen LogP contribution is 2.44. The first kappa shape index (κ1) is 35.8. The largest absolute Gasteiger partial charge is 0.363 e. The van der Waals surface area contributed by atoms with Crippen molar-refractivity contribution in [2.75, 3.05) is 29.9 Å². The molecule has 4 aliphatic heterocycles. The molecular formula is C36H47F4N5O3S. The van der Waals surface area contributed by atoms with Crippen LogP contribution in [0.4, 0.5) is 23.4 Å². The molecule has 13 heteroatoms. The minimum atomic E-state index is -3.42. The standard InChI is InChI=1S/C36H47F4N5O3S/c1-22(37)31-11-6-4-5-7-16-45-34-29(21-28(35(45)46)25-14-19-49(47,48)20-15-25)33(42-24(3)43-34)41-23(2)27-9-8-10-30(32(27)38)36(39,40)26-12-17-44(31)18-13-26/h8-10,21-23,25-26,31H,4-7,11-20H2,1-3H3,(H,41,42,43)/t22?,23-,31?/m1/s1. The third-order valence-electron chi connectivity index (χ3n) is 11.0. The van der Waals surface area contributed by atoms with Gasteiger partial charge in [0.2, 0.25) is 0 Å². The van der Waals surface area contributed by atoms with Crippen molar-refractivity contribution in [2.45, 2.75) is 115 Å². The molecule has 0 spiro atoms. The average Bonchev–Trinajstić information content (AvgIpc) is 3.05. The molecule has 2 fully saturated rings. The molecule has 0 aliphatic carbocycles. The van der Waals surface area contributed by atoms with Gasteiger partial charge in [-0.3, -0.25) is 14.3 Å². The lowest BCUT2D eigenvalue weighted by Crippen LogP contribution is -2.47. The van der Waals surface area contributed by atoms with Crippen LogP contribution in [0.5, 0.6) is 0 Å². The number of halogens is 4. The molecule has 8 bridgehead atoms. The Labute approximate surface area is 285 Å². The van der Waals surface area contributed by atoms with Crippen LogP contribution in [0.15, 0.2) is 29.1 Å². The molecule has 0 saturated carbocycles. The van der Waals surface area contributed by atoms with E-state index in [0.717, 1.165) is 25.3 Å². The van der Waals surface area contributed by atoms with Gasteiger partial charge in [0.15, 0.2) is 0 Å². The van der Waals surface area contributed by atoms with E-state index in [1.807, 2.05) is 4.90 Å². The zero-order valence-corrected chi connectivity index (χ0v) is 29.3.